The second-order valence-corrected chi connectivity index (χ2v) is 9.39. The maximum absolute atomic E-state index is 12.9. The third kappa shape index (κ3) is 4.30. The smallest absolute Gasteiger partial charge is 0.255 e. The number of hydrogen-bond donors (Lipinski definition) is 3. The molecule has 0 aromatic heterocycles. The first-order valence-electron chi connectivity index (χ1n) is 11.8. The van der Waals surface area contributed by atoms with Crippen LogP contribution in [-0.2, 0) is 28.1 Å². The first-order valence-corrected chi connectivity index (χ1v) is 11.8. The fraction of sp³-hybridized carbons (Fsp3) is 0.423. The minimum atomic E-state index is -0.574. The standard InChI is InChI=1S/C26H30N4O3/c31-23-9-8-22(24(32)29-23)30-16-19-14-18(6-7-21(19)25(30)33)15-28-17-26(10-12-27-13-11-26)20-4-2-1-3-5-20/h1-7,14,22,27-28H,8-13,15-17H2,(H,29,31,32). The number of hydrogen-bond acceptors (Lipinski definition) is 5. The summed E-state index contributed by atoms with van der Waals surface area (Å²) in [4.78, 5) is 38.2. The number of carbonyl (C=O) groups excluding carboxylic acids is 3. The summed E-state index contributed by atoms with van der Waals surface area (Å²) in [7, 11) is 0. The molecule has 0 radical (unpaired) electrons. The monoisotopic (exact) mass is 446 g/mol. The van der Waals surface area contributed by atoms with Crippen molar-refractivity contribution >= 4 is 17.7 Å². The van der Waals surface area contributed by atoms with Gasteiger partial charge in [0, 0.05) is 37.0 Å². The Morgan fingerprint density at radius 2 is 1.82 bits per heavy atom. The van der Waals surface area contributed by atoms with E-state index in [9.17, 15) is 14.4 Å². The van der Waals surface area contributed by atoms with E-state index in [4.69, 9.17) is 0 Å². The number of rotatable bonds is 6. The number of fused-ring (bicyclic) bond motifs is 1. The van der Waals surface area contributed by atoms with Crippen LogP contribution >= 0.6 is 0 Å². The van der Waals surface area contributed by atoms with Crippen molar-refractivity contribution in [2.24, 2.45) is 0 Å². The van der Waals surface area contributed by atoms with Gasteiger partial charge in [-0.1, -0.05) is 42.5 Å². The average molecular weight is 447 g/mol. The lowest BCUT2D eigenvalue weighted by molar-refractivity contribution is -0.136. The van der Waals surface area contributed by atoms with Gasteiger partial charge >= 0.3 is 0 Å². The van der Waals surface area contributed by atoms with E-state index in [0.29, 0.717) is 18.5 Å². The summed E-state index contributed by atoms with van der Waals surface area (Å²) in [5.74, 6) is -0.769. The Hall–Kier alpha value is -3.03. The van der Waals surface area contributed by atoms with E-state index >= 15 is 0 Å². The number of carbonyl (C=O) groups is 3. The molecule has 0 spiro atoms. The van der Waals surface area contributed by atoms with Crippen molar-refractivity contribution in [1.29, 1.82) is 0 Å². The lowest BCUT2D eigenvalue weighted by Gasteiger charge is -2.38. The fourth-order valence-electron chi connectivity index (χ4n) is 5.45. The highest BCUT2D eigenvalue weighted by atomic mass is 16.2. The van der Waals surface area contributed by atoms with Crippen LogP contribution in [0.5, 0.6) is 0 Å². The first-order chi connectivity index (χ1) is 16.1. The largest absolute Gasteiger partial charge is 0.322 e. The summed E-state index contributed by atoms with van der Waals surface area (Å²) in [6.07, 6.45) is 2.85. The molecule has 7 heteroatoms. The Morgan fingerprint density at radius 3 is 2.58 bits per heavy atom. The fourth-order valence-corrected chi connectivity index (χ4v) is 5.45. The van der Waals surface area contributed by atoms with Crippen molar-refractivity contribution in [2.75, 3.05) is 19.6 Å². The molecule has 0 aliphatic carbocycles. The molecule has 2 aromatic carbocycles. The lowest BCUT2D eigenvalue weighted by atomic mass is 9.73. The summed E-state index contributed by atoms with van der Waals surface area (Å²) < 4.78 is 0. The van der Waals surface area contributed by atoms with E-state index in [2.05, 4.69) is 52.3 Å². The van der Waals surface area contributed by atoms with Crippen LogP contribution in [0.3, 0.4) is 0 Å². The van der Waals surface area contributed by atoms with Crippen molar-refractivity contribution in [1.82, 2.24) is 20.9 Å². The van der Waals surface area contributed by atoms with Gasteiger partial charge in [-0.15, -0.1) is 0 Å². The molecule has 3 amide bonds. The second kappa shape index (κ2) is 9.08. The van der Waals surface area contributed by atoms with E-state index in [1.54, 1.807) is 4.90 Å². The number of nitrogens with zero attached hydrogens (tertiary/aromatic N) is 1. The van der Waals surface area contributed by atoms with E-state index in [-0.39, 0.29) is 29.6 Å². The quantitative estimate of drug-likeness (QED) is 0.590. The molecule has 3 heterocycles. The predicted octanol–water partition coefficient (Wildman–Crippen LogP) is 1.86. The van der Waals surface area contributed by atoms with Crippen LogP contribution < -0.4 is 16.0 Å². The molecular formula is C26H30N4O3. The van der Waals surface area contributed by atoms with Crippen molar-refractivity contribution in [3.05, 3.63) is 70.8 Å². The molecule has 3 N–H and O–H groups in total. The zero-order valence-electron chi connectivity index (χ0n) is 18.7. The van der Waals surface area contributed by atoms with Gasteiger partial charge in [0.25, 0.3) is 5.91 Å². The van der Waals surface area contributed by atoms with Gasteiger partial charge in [-0.05, 0) is 55.1 Å². The zero-order valence-corrected chi connectivity index (χ0v) is 18.7. The van der Waals surface area contributed by atoms with Crippen molar-refractivity contribution in [3.63, 3.8) is 0 Å². The summed E-state index contributed by atoms with van der Waals surface area (Å²) in [5, 5.41) is 9.50. The van der Waals surface area contributed by atoms with Gasteiger partial charge < -0.3 is 15.5 Å². The number of nitrogens with one attached hydrogen (secondary N) is 3. The van der Waals surface area contributed by atoms with Crippen LogP contribution in [-0.4, -0.2) is 48.3 Å². The normalized spacial score (nSPS) is 22.2. The van der Waals surface area contributed by atoms with E-state index in [1.165, 1.54) is 5.56 Å². The van der Waals surface area contributed by atoms with E-state index < -0.39 is 6.04 Å². The molecule has 5 rings (SSSR count). The molecule has 172 valence electrons. The molecule has 0 bridgehead atoms. The maximum atomic E-state index is 12.9. The average Bonchev–Trinajstić information content (AvgIpc) is 3.16. The van der Waals surface area contributed by atoms with E-state index in [0.717, 1.165) is 50.1 Å². The summed E-state index contributed by atoms with van der Waals surface area (Å²) in [6, 6.07) is 16.1. The Bertz CT molecular complexity index is 1060. The molecule has 7 nitrogen and oxygen atoms in total. The minimum Gasteiger partial charge on any atom is -0.322 e. The van der Waals surface area contributed by atoms with Gasteiger partial charge in [0.05, 0.1) is 0 Å². The molecule has 33 heavy (non-hydrogen) atoms. The zero-order chi connectivity index (χ0) is 22.8. The molecule has 2 saturated heterocycles. The molecule has 3 aliphatic heterocycles. The predicted molar refractivity (Wildman–Crippen MR) is 124 cm³/mol. The molecule has 3 aliphatic rings. The highest BCUT2D eigenvalue weighted by Crippen LogP contribution is 2.33. The summed E-state index contributed by atoms with van der Waals surface area (Å²) in [5.41, 5.74) is 4.25. The Kier molecular flexibility index (Phi) is 6.00. The maximum Gasteiger partial charge on any atom is 0.255 e. The molecule has 1 atom stereocenters. The molecule has 0 saturated carbocycles. The van der Waals surface area contributed by atoms with Crippen LogP contribution in [0.2, 0.25) is 0 Å². The first kappa shape index (κ1) is 21.8. The Morgan fingerprint density at radius 1 is 1.03 bits per heavy atom. The van der Waals surface area contributed by atoms with Gasteiger partial charge in [0.2, 0.25) is 11.8 Å². The van der Waals surface area contributed by atoms with Crippen LogP contribution in [0.1, 0.15) is 52.7 Å². The second-order valence-electron chi connectivity index (χ2n) is 9.39. The molecule has 1 unspecified atom stereocenters. The summed E-state index contributed by atoms with van der Waals surface area (Å²) >= 11 is 0. The van der Waals surface area contributed by atoms with Gasteiger partial charge in [-0.25, -0.2) is 0 Å². The van der Waals surface area contributed by atoms with E-state index in [1.807, 2.05) is 12.1 Å². The summed E-state index contributed by atoms with van der Waals surface area (Å²) in [6.45, 7) is 4.08. The molecule has 2 fully saturated rings. The van der Waals surface area contributed by atoms with Crippen LogP contribution in [0.15, 0.2) is 48.5 Å². The SMILES string of the molecule is O=C1CCC(N2Cc3cc(CNCC4(c5ccccc5)CCNCC4)ccc3C2=O)C(=O)N1. The van der Waals surface area contributed by atoms with Crippen LogP contribution in [0.4, 0.5) is 0 Å². The Labute approximate surface area is 193 Å². The Balaban J connectivity index is 1.25. The highest BCUT2D eigenvalue weighted by molar-refractivity contribution is 6.05. The molecular weight excluding hydrogens is 416 g/mol. The van der Waals surface area contributed by atoms with Gasteiger partial charge in [0.15, 0.2) is 0 Å². The van der Waals surface area contributed by atoms with Gasteiger partial charge in [0.1, 0.15) is 6.04 Å². The highest BCUT2D eigenvalue weighted by Gasteiger charge is 2.39. The van der Waals surface area contributed by atoms with Crippen LogP contribution in [0.25, 0.3) is 0 Å². The number of imide groups is 1. The number of piperidine rings is 2. The van der Waals surface area contributed by atoms with Crippen molar-refractivity contribution < 1.29 is 14.4 Å². The third-order valence-corrected chi connectivity index (χ3v) is 7.33. The van der Waals surface area contributed by atoms with Gasteiger partial charge in [-0.3, -0.25) is 19.7 Å². The van der Waals surface area contributed by atoms with Gasteiger partial charge in [-0.2, -0.15) is 0 Å². The number of benzene rings is 2. The number of amides is 3. The third-order valence-electron chi connectivity index (χ3n) is 7.33. The van der Waals surface area contributed by atoms with Crippen molar-refractivity contribution in [3.8, 4) is 0 Å². The topological polar surface area (TPSA) is 90.5 Å². The lowest BCUT2D eigenvalue weighted by Crippen LogP contribution is -2.52. The van der Waals surface area contributed by atoms with Crippen molar-refractivity contribution in [2.45, 2.75) is 50.2 Å². The minimum absolute atomic E-state index is 0.127. The van der Waals surface area contributed by atoms with Crippen LogP contribution in [0, 0.1) is 0 Å². The molecule has 2 aromatic rings.